The summed E-state index contributed by atoms with van der Waals surface area (Å²) in [5.41, 5.74) is 5.39. The van der Waals surface area contributed by atoms with E-state index in [4.69, 9.17) is 33.7 Å². The van der Waals surface area contributed by atoms with E-state index >= 15 is 0 Å². The second-order valence-electron chi connectivity index (χ2n) is 3.83. The molecule has 0 aliphatic rings. The highest BCUT2D eigenvalue weighted by Crippen LogP contribution is 2.31. The van der Waals surface area contributed by atoms with Gasteiger partial charge in [-0.15, -0.1) is 0 Å². The molecule has 1 rings (SSSR count). The minimum absolute atomic E-state index is 0.383. The van der Waals surface area contributed by atoms with Crippen LogP contribution in [-0.2, 0) is 0 Å². The minimum Gasteiger partial charge on any atom is -0.490 e. The maximum atomic E-state index is 5.92. The molecule has 4 heteroatoms. The van der Waals surface area contributed by atoms with Gasteiger partial charge in [0.2, 0.25) is 0 Å². The Balaban J connectivity index is 2.73. The van der Waals surface area contributed by atoms with E-state index < -0.39 is 0 Å². The van der Waals surface area contributed by atoms with Crippen molar-refractivity contribution in [1.29, 1.82) is 0 Å². The fraction of sp³-hybridized carbons (Fsp3) is 0.400. The molecule has 1 aromatic carbocycles. The summed E-state index contributed by atoms with van der Waals surface area (Å²) in [6.45, 7) is 4.16. The molecule has 0 heterocycles. The third-order valence-corrected chi connectivity index (χ3v) is 2.32. The van der Waals surface area contributed by atoms with Gasteiger partial charge in [0.15, 0.2) is 0 Å². The topological polar surface area (TPSA) is 35.2 Å². The number of rotatable bonds is 3. The van der Waals surface area contributed by atoms with Crippen LogP contribution in [0.15, 0.2) is 18.2 Å². The molecular formula is C10H13Cl2NO. The van der Waals surface area contributed by atoms with E-state index in [1.54, 1.807) is 18.2 Å². The molecular weight excluding hydrogens is 221 g/mol. The second-order valence-corrected chi connectivity index (χ2v) is 4.61. The molecule has 2 nitrogen and oxygen atoms in total. The third-order valence-electron chi connectivity index (χ3n) is 1.52. The van der Waals surface area contributed by atoms with Crippen LogP contribution in [0.4, 0.5) is 0 Å². The summed E-state index contributed by atoms with van der Waals surface area (Å²) < 4.78 is 5.44. The molecule has 0 aromatic heterocycles. The predicted octanol–water partition coefficient (Wildman–Crippen LogP) is 3.11. The lowest BCUT2D eigenvalue weighted by atomic mass is 10.1. The van der Waals surface area contributed by atoms with Crippen molar-refractivity contribution in [2.24, 2.45) is 5.73 Å². The van der Waals surface area contributed by atoms with Crippen LogP contribution in [0.3, 0.4) is 0 Å². The van der Waals surface area contributed by atoms with Crippen molar-refractivity contribution in [2.75, 3.05) is 6.61 Å². The first-order valence-electron chi connectivity index (χ1n) is 4.26. The van der Waals surface area contributed by atoms with E-state index in [1.807, 2.05) is 13.8 Å². The number of hydrogen-bond donors (Lipinski definition) is 1. The lowest BCUT2D eigenvalue weighted by molar-refractivity contribution is 0.243. The molecule has 0 unspecified atom stereocenters. The van der Waals surface area contributed by atoms with Crippen molar-refractivity contribution in [2.45, 2.75) is 19.4 Å². The zero-order valence-corrected chi connectivity index (χ0v) is 9.69. The van der Waals surface area contributed by atoms with E-state index in [0.29, 0.717) is 22.4 Å². The number of benzene rings is 1. The minimum atomic E-state index is -0.383. The van der Waals surface area contributed by atoms with Crippen LogP contribution in [0.5, 0.6) is 5.75 Å². The molecule has 0 radical (unpaired) electrons. The van der Waals surface area contributed by atoms with Crippen molar-refractivity contribution in [3.8, 4) is 5.75 Å². The van der Waals surface area contributed by atoms with Crippen LogP contribution < -0.4 is 10.5 Å². The highest BCUT2D eigenvalue weighted by Gasteiger charge is 2.13. The van der Waals surface area contributed by atoms with E-state index in [-0.39, 0.29) is 5.54 Å². The van der Waals surface area contributed by atoms with Gasteiger partial charge < -0.3 is 10.5 Å². The van der Waals surface area contributed by atoms with Gasteiger partial charge in [-0.2, -0.15) is 0 Å². The normalized spacial score (nSPS) is 11.5. The van der Waals surface area contributed by atoms with Gasteiger partial charge in [-0.1, -0.05) is 29.3 Å². The van der Waals surface area contributed by atoms with Crippen molar-refractivity contribution in [3.63, 3.8) is 0 Å². The Labute approximate surface area is 94.0 Å². The molecule has 0 aliphatic carbocycles. The Kier molecular flexibility index (Phi) is 3.65. The van der Waals surface area contributed by atoms with E-state index in [9.17, 15) is 0 Å². The predicted molar refractivity (Wildman–Crippen MR) is 60.2 cm³/mol. The summed E-state index contributed by atoms with van der Waals surface area (Å²) in [6, 6.07) is 5.26. The average Bonchev–Trinajstić information content (AvgIpc) is 2.06. The number of hydrogen-bond acceptors (Lipinski definition) is 2. The standard InChI is InChI=1S/C10H13Cl2NO/c1-10(2,13)6-14-8-5-3-4-7(11)9(8)12/h3-5H,6,13H2,1-2H3. The Hall–Kier alpha value is -0.440. The van der Waals surface area contributed by atoms with Crippen LogP contribution >= 0.6 is 23.2 Å². The van der Waals surface area contributed by atoms with Crippen molar-refractivity contribution >= 4 is 23.2 Å². The molecule has 0 fully saturated rings. The fourth-order valence-electron chi connectivity index (χ4n) is 0.859. The SMILES string of the molecule is CC(C)(N)COc1cccc(Cl)c1Cl. The quantitative estimate of drug-likeness (QED) is 0.871. The summed E-state index contributed by atoms with van der Waals surface area (Å²) >= 11 is 11.7. The van der Waals surface area contributed by atoms with Crippen LogP contribution in [0.25, 0.3) is 0 Å². The van der Waals surface area contributed by atoms with E-state index in [1.165, 1.54) is 0 Å². The van der Waals surface area contributed by atoms with E-state index in [2.05, 4.69) is 0 Å². The molecule has 0 saturated carbocycles. The fourth-order valence-corrected chi connectivity index (χ4v) is 1.21. The smallest absolute Gasteiger partial charge is 0.139 e. The van der Waals surface area contributed by atoms with Crippen molar-refractivity contribution < 1.29 is 4.74 Å². The molecule has 0 saturated heterocycles. The molecule has 78 valence electrons. The zero-order chi connectivity index (χ0) is 10.8. The lowest BCUT2D eigenvalue weighted by Gasteiger charge is -2.19. The highest BCUT2D eigenvalue weighted by atomic mass is 35.5. The maximum Gasteiger partial charge on any atom is 0.139 e. The molecule has 0 amide bonds. The number of ether oxygens (including phenoxy) is 1. The van der Waals surface area contributed by atoms with Crippen molar-refractivity contribution in [3.05, 3.63) is 28.2 Å². The Bertz CT molecular complexity index is 320. The van der Waals surface area contributed by atoms with Crippen LogP contribution in [0, 0.1) is 0 Å². The summed E-state index contributed by atoms with van der Waals surface area (Å²) in [7, 11) is 0. The van der Waals surface area contributed by atoms with Gasteiger partial charge in [0.1, 0.15) is 17.4 Å². The van der Waals surface area contributed by atoms with Gasteiger partial charge in [-0.25, -0.2) is 0 Å². The van der Waals surface area contributed by atoms with Gasteiger partial charge >= 0.3 is 0 Å². The number of halogens is 2. The molecule has 1 aromatic rings. The highest BCUT2D eigenvalue weighted by molar-refractivity contribution is 6.42. The summed E-state index contributed by atoms with van der Waals surface area (Å²) in [6.07, 6.45) is 0. The first kappa shape index (κ1) is 11.6. The van der Waals surface area contributed by atoms with Crippen LogP contribution in [-0.4, -0.2) is 12.1 Å². The Morgan fingerprint density at radius 3 is 2.57 bits per heavy atom. The van der Waals surface area contributed by atoms with Gasteiger partial charge in [0, 0.05) is 5.54 Å². The first-order chi connectivity index (χ1) is 6.40. The molecule has 2 N–H and O–H groups in total. The molecule has 0 atom stereocenters. The van der Waals surface area contributed by atoms with Crippen molar-refractivity contribution in [1.82, 2.24) is 0 Å². The summed E-state index contributed by atoms with van der Waals surface area (Å²) in [5.74, 6) is 0.567. The van der Waals surface area contributed by atoms with Gasteiger partial charge in [-0.3, -0.25) is 0 Å². The summed E-state index contributed by atoms with van der Waals surface area (Å²) in [4.78, 5) is 0. The second kappa shape index (κ2) is 4.39. The van der Waals surface area contributed by atoms with Gasteiger partial charge in [0.25, 0.3) is 0 Å². The molecule has 0 aliphatic heterocycles. The number of nitrogens with two attached hydrogens (primary N) is 1. The van der Waals surface area contributed by atoms with Crippen LogP contribution in [0.1, 0.15) is 13.8 Å². The zero-order valence-electron chi connectivity index (χ0n) is 8.18. The van der Waals surface area contributed by atoms with Gasteiger partial charge in [-0.05, 0) is 26.0 Å². The van der Waals surface area contributed by atoms with E-state index in [0.717, 1.165) is 0 Å². The molecule has 14 heavy (non-hydrogen) atoms. The lowest BCUT2D eigenvalue weighted by Crippen LogP contribution is -2.38. The largest absolute Gasteiger partial charge is 0.490 e. The Morgan fingerprint density at radius 1 is 1.36 bits per heavy atom. The average molecular weight is 234 g/mol. The van der Waals surface area contributed by atoms with Crippen LogP contribution in [0.2, 0.25) is 10.0 Å². The Morgan fingerprint density at radius 2 is 2.00 bits per heavy atom. The maximum absolute atomic E-state index is 5.92. The summed E-state index contributed by atoms with van der Waals surface area (Å²) in [5, 5.41) is 0.914. The molecule has 0 bridgehead atoms. The monoisotopic (exact) mass is 233 g/mol. The first-order valence-corrected chi connectivity index (χ1v) is 5.01. The van der Waals surface area contributed by atoms with Gasteiger partial charge in [0.05, 0.1) is 5.02 Å². The third kappa shape index (κ3) is 3.37. The molecule has 0 spiro atoms.